The first-order chi connectivity index (χ1) is 8.56. The van der Waals surface area contributed by atoms with E-state index in [0.29, 0.717) is 12.8 Å². The third-order valence-corrected chi connectivity index (χ3v) is 4.58. The third-order valence-electron chi connectivity index (χ3n) is 4.58. The Kier molecular flexibility index (Phi) is 4.01. The van der Waals surface area contributed by atoms with E-state index in [1.165, 1.54) is 0 Å². The minimum atomic E-state index is -1.56. The fourth-order valence-electron chi connectivity index (χ4n) is 3.60. The maximum atomic E-state index is 12.2. The van der Waals surface area contributed by atoms with Crippen molar-refractivity contribution in [2.24, 2.45) is 16.7 Å². The summed E-state index contributed by atoms with van der Waals surface area (Å²) in [6, 6.07) is 0. The first-order valence-corrected chi connectivity index (χ1v) is 6.80. The van der Waals surface area contributed by atoms with Crippen molar-refractivity contribution in [2.75, 3.05) is 6.54 Å². The number of rotatable bonds is 4. The molecule has 1 aliphatic heterocycles. The Morgan fingerprint density at radius 3 is 2.16 bits per heavy atom. The lowest BCUT2D eigenvalue weighted by atomic mass is 9.58. The highest BCUT2D eigenvalue weighted by Gasteiger charge is 2.65. The van der Waals surface area contributed by atoms with Crippen LogP contribution in [0.1, 0.15) is 47.5 Å². The molecule has 0 saturated carbocycles. The number of carboxylic acid groups (broad SMARTS) is 1. The molecule has 3 N–H and O–H groups in total. The molecule has 19 heavy (non-hydrogen) atoms. The molecule has 1 rings (SSSR count). The van der Waals surface area contributed by atoms with Gasteiger partial charge in [-0.25, -0.2) is 0 Å². The van der Waals surface area contributed by atoms with Gasteiger partial charge in [0.2, 0.25) is 5.91 Å². The normalized spacial score (nSPS) is 28.0. The van der Waals surface area contributed by atoms with Gasteiger partial charge in [0.05, 0.1) is 11.3 Å². The minimum absolute atomic E-state index is 0.00174. The molecule has 0 radical (unpaired) electrons. The van der Waals surface area contributed by atoms with Crippen LogP contribution in [0.25, 0.3) is 0 Å². The van der Waals surface area contributed by atoms with Gasteiger partial charge in [0.1, 0.15) is 5.60 Å². The summed E-state index contributed by atoms with van der Waals surface area (Å²) < 4.78 is 0. The molecule has 0 spiro atoms. The SMILES string of the molecule is CCC1(CC)C(=O)NCC1(O)C(C(=O)O)C(C)(C)C. The molecule has 0 bridgehead atoms. The van der Waals surface area contributed by atoms with Crippen LogP contribution in [-0.4, -0.2) is 34.2 Å². The predicted octanol–water partition coefficient (Wildman–Crippen LogP) is 1.40. The lowest BCUT2D eigenvalue weighted by Gasteiger charge is -2.46. The van der Waals surface area contributed by atoms with Crippen LogP contribution in [0.2, 0.25) is 0 Å². The average molecular weight is 271 g/mol. The van der Waals surface area contributed by atoms with E-state index in [0.717, 1.165) is 0 Å². The van der Waals surface area contributed by atoms with Crippen LogP contribution in [-0.2, 0) is 9.59 Å². The number of nitrogens with one attached hydrogen (secondary N) is 1. The van der Waals surface area contributed by atoms with Crippen LogP contribution >= 0.6 is 0 Å². The zero-order valence-corrected chi connectivity index (χ0v) is 12.4. The van der Waals surface area contributed by atoms with Gasteiger partial charge >= 0.3 is 5.97 Å². The smallest absolute Gasteiger partial charge is 0.310 e. The molecule has 0 aromatic rings. The number of hydrogen-bond donors (Lipinski definition) is 3. The van der Waals surface area contributed by atoms with Crippen LogP contribution < -0.4 is 5.32 Å². The topological polar surface area (TPSA) is 86.6 Å². The molecule has 1 aliphatic rings. The molecule has 2 unspecified atom stereocenters. The number of aliphatic carboxylic acids is 1. The minimum Gasteiger partial charge on any atom is -0.481 e. The molecule has 0 aromatic carbocycles. The summed E-state index contributed by atoms with van der Waals surface area (Å²) >= 11 is 0. The molecule has 1 amide bonds. The second-order valence-corrected chi connectivity index (χ2v) is 6.53. The molecular formula is C14H25NO4. The van der Waals surface area contributed by atoms with Crippen molar-refractivity contribution in [2.45, 2.75) is 53.1 Å². The van der Waals surface area contributed by atoms with Crippen LogP contribution in [0.3, 0.4) is 0 Å². The van der Waals surface area contributed by atoms with E-state index in [1.54, 1.807) is 20.8 Å². The van der Waals surface area contributed by atoms with Gasteiger partial charge in [-0.15, -0.1) is 0 Å². The molecule has 2 atom stereocenters. The molecule has 1 saturated heterocycles. The van der Waals surface area contributed by atoms with E-state index in [4.69, 9.17) is 0 Å². The maximum absolute atomic E-state index is 12.2. The van der Waals surface area contributed by atoms with Crippen molar-refractivity contribution in [3.05, 3.63) is 0 Å². The Labute approximate surface area is 114 Å². The zero-order valence-electron chi connectivity index (χ0n) is 12.4. The fraction of sp³-hybridized carbons (Fsp3) is 0.857. The summed E-state index contributed by atoms with van der Waals surface area (Å²) in [6.07, 6.45) is 0.845. The van der Waals surface area contributed by atoms with Crippen LogP contribution in [0.15, 0.2) is 0 Å². The summed E-state index contributed by atoms with van der Waals surface area (Å²) in [5.74, 6) is -2.30. The Morgan fingerprint density at radius 2 is 1.84 bits per heavy atom. The Bertz CT molecular complexity index is 381. The van der Waals surface area contributed by atoms with E-state index in [-0.39, 0.29) is 12.5 Å². The van der Waals surface area contributed by atoms with Crippen molar-refractivity contribution < 1.29 is 19.8 Å². The van der Waals surface area contributed by atoms with Gasteiger partial charge in [-0.2, -0.15) is 0 Å². The first kappa shape index (κ1) is 16.0. The molecular weight excluding hydrogens is 246 g/mol. The number of carbonyl (C=O) groups excluding carboxylic acids is 1. The quantitative estimate of drug-likeness (QED) is 0.721. The summed E-state index contributed by atoms with van der Waals surface area (Å²) in [5, 5.41) is 23.3. The van der Waals surface area contributed by atoms with Crippen molar-refractivity contribution in [1.29, 1.82) is 0 Å². The molecule has 0 aliphatic carbocycles. The highest BCUT2D eigenvalue weighted by Crippen LogP contribution is 2.51. The lowest BCUT2D eigenvalue weighted by molar-refractivity contribution is -0.177. The summed E-state index contributed by atoms with van der Waals surface area (Å²) in [7, 11) is 0. The van der Waals surface area contributed by atoms with Gasteiger partial charge in [0, 0.05) is 6.54 Å². The van der Waals surface area contributed by atoms with Gasteiger partial charge in [0.15, 0.2) is 0 Å². The van der Waals surface area contributed by atoms with Crippen molar-refractivity contribution >= 4 is 11.9 Å². The number of hydrogen-bond acceptors (Lipinski definition) is 3. The monoisotopic (exact) mass is 271 g/mol. The highest BCUT2D eigenvalue weighted by atomic mass is 16.4. The molecule has 1 fully saturated rings. The van der Waals surface area contributed by atoms with Crippen LogP contribution in [0.5, 0.6) is 0 Å². The van der Waals surface area contributed by atoms with E-state index in [1.807, 2.05) is 13.8 Å². The molecule has 0 aromatic heterocycles. The summed E-state index contributed by atoms with van der Waals surface area (Å²) in [4.78, 5) is 23.8. The average Bonchev–Trinajstić information content (AvgIpc) is 2.49. The first-order valence-electron chi connectivity index (χ1n) is 6.80. The number of aliphatic hydroxyl groups is 1. The van der Waals surface area contributed by atoms with E-state index in [9.17, 15) is 19.8 Å². The predicted molar refractivity (Wildman–Crippen MR) is 71.6 cm³/mol. The fourth-order valence-corrected chi connectivity index (χ4v) is 3.60. The van der Waals surface area contributed by atoms with E-state index < -0.39 is 28.3 Å². The van der Waals surface area contributed by atoms with Gasteiger partial charge in [-0.05, 0) is 18.3 Å². The maximum Gasteiger partial charge on any atom is 0.310 e. The molecule has 1 heterocycles. The van der Waals surface area contributed by atoms with Gasteiger partial charge in [-0.3, -0.25) is 9.59 Å². The highest BCUT2D eigenvalue weighted by molar-refractivity contribution is 5.89. The zero-order chi connectivity index (χ0) is 15.1. The standard InChI is InChI=1S/C14H25NO4/c1-6-13(7-2)11(18)15-8-14(13,19)9(10(16)17)12(3,4)5/h9,19H,6-8H2,1-5H3,(H,15,18)(H,16,17). The van der Waals surface area contributed by atoms with Gasteiger partial charge in [-0.1, -0.05) is 34.6 Å². The molecule has 110 valence electrons. The lowest BCUT2D eigenvalue weighted by Crippen LogP contribution is -2.59. The van der Waals surface area contributed by atoms with Crippen LogP contribution in [0, 0.1) is 16.7 Å². The molecule has 5 heteroatoms. The third kappa shape index (κ3) is 2.14. The number of amides is 1. The van der Waals surface area contributed by atoms with Gasteiger partial charge in [0.25, 0.3) is 0 Å². The van der Waals surface area contributed by atoms with Crippen molar-refractivity contribution in [3.63, 3.8) is 0 Å². The van der Waals surface area contributed by atoms with Crippen molar-refractivity contribution in [3.8, 4) is 0 Å². The second-order valence-electron chi connectivity index (χ2n) is 6.53. The van der Waals surface area contributed by atoms with Gasteiger partial charge < -0.3 is 15.5 Å². The summed E-state index contributed by atoms with van der Waals surface area (Å²) in [5.41, 5.74) is -3.22. The number of carboxylic acids is 1. The number of carbonyl (C=O) groups is 2. The van der Waals surface area contributed by atoms with Crippen molar-refractivity contribution in [1.82, 2.24) is 5.32 Å². The Hall–Kier alpha value is -1.10. The van der Waals surface area contributed by atoms with Crippen LogP contribution in [0.4, 0.5) is 0 Å². The summed E-state index contributed by atoms with van der Waals surface area (Å²) in [6.45, 7) is 8.98. The van der Waals surface area contributed by atoms with E-state index in [2.05, 4.69) is 5.32 Å². The Morgan fingerprint density at radius 1 is 1.37 bits per heavy atom. The second kappa shape index (κ2) is 4.78. The molecule has 5 nitrogen and oxygen atoms in total. The Balaban J connectivity index is 3.42. The van der Waals surface area contributed by atoms with E-state index >= 15 is 0 Å². The largest absolute Gasteiger partial charge is 0.481 e. The number of β-amino-alcohol motifs (C(OH)–C–C–N with tert-alkyl or cyclic N) is 1.